The summed E-state index contributed by atoms with van der Waals surface area (Å²) in [5.74, 6) is -0.257. The number of amides is 6. The molecule has 0 saturated carbocycles. The molecule has 0 aliphatic carbocycles. The Morgan fingerprint density at radius 1 is 0.562 bits per heavy atom. The number of carbonyl (C=O) groups excluding carboxylic acids is 6. The number of aliphatic imine (C=N–C) groups is 2. The Labute approximate surface area is 433 Å². The minimum absolute atomic E-state index is 0.0560. The second kappa shape index (κ2) is 32.4. The van der Waals surface area contributed by atoms with E-state index in [0.717, 1.165) is 12.8 Å². The van der Waals surface area contributed by atoms with Gasteiger partial charge in [0, 0.05) is 43.2 Å². The van der Waals surface area contributed by atoms with Gasteiger partial charge in [0.25, 0.3) is 5.69 Å². The van der Waals surface area contributed by atoms with E-state index in [2.05, 4.69) is 36.2 Å². The molecule has 2 atom stereocenters. The smallest absolute Gasteiger partial charge is 0.434 e. The number of non-ortho nitro benzene ring substituents is 1. The van der Waals surface area contributed by atoms with Crippen molar-refractivity contribution in [1.82, 2.24) is 26.2 Å². The number of nitro benzene ring substituents is 1. The van der Waals surface area contributed by atoms with Crippen molar-refractivity contribution in [2.75, 3.05) is 39.3 Å². The van der Waals surface area contributed by atoms with E-state index in [1.807, 2.05) is 0 Å². The first-order chi connectivity index (χ1) is 33.8. The number of alkyl carbamates (subject to hydrolysis) is 2. The number of hydrogen-bond acceptors (Lipinski definition) is 14. The van der Waals surface area contributed by atoms with Gasteiger partial charge in [-0.2, -0.15) is 9.98 Å². The Balaban J connectivity index is 2.97. The van der Waals surface area contributed by atoms with Gasteiger partial charge < -0.3 is 45.0 Å². The van der Waals surface area contributed by atoms with Crippen LogP contribution < -0.4 is 26.0 Å². The second-order valence-electron chi connectivity index (χ2n) is 22.0. The van der Waals surface area contributed by atoms with E-state index >= 15 is 0 Å². The van der Waals surface area contributed by atoms with E-state index in [0.29, 0.717) is 101 Å². The fraction of sp³-hybridized carbons (Fsp3) is 0.731. The van der Waals surface area contributed by atoms with Crippen molar-refractivity contribution >= 4 is 53.3 Å². The lowest BCUT2D eigenvalue weighted by Crippen LogP contribution is -2.48. The third kappa shape index (κ3) is 35.0. The molecule has 0 spiro atoms. The molecular formula is C52H88N8O13. The van der Waals surface area contributed by atoms with Gasteiger partial charge in [-0.15, -0.1) is 0 Å². The lowest BCUT2D eigenvalue weighted by Gasteiger charge is -2.25. The molecule has 0 aliphatic heterocycles. The van der Waals surface area contributed by atoms with Crippen LogP contribution in [0.4, 0.5) is 24.9 Å². The highest BCUT2D eigenvalue weighted by molar-refractivity contribution is 5.92. The molecule has 0 aromatic heterocycles. The zero-order chi connectivity index (χ0) is 55.4. The van der Waals surface area contributed by atoms with Gasteiger partial charge in [0.05, 0.1) is 4.92 Å². The predicted octanol–water partition coefficient (Wildman–Crippen LogP) is 9.77. The van der Waals surface area contributed by atoms with Crippen molar-refractivity contribution in [3.63, 3.8) is 0 Å². The number of benzene rings is 1. The monoisotopic (exact) mass is 1030 g/mol. The molecule has 0 aliphatic rings. The standard InChI is InChI=1S/C52H88N8O13/c1-37(55-45(63)70-49(3,4)5)23-17-15-19-25-41(57-47(65)72-51(9,10)11)43(61)53-31-21-33-59(35-36-69-40-29-27-39(28-30-40)60(67)68)34-22-32-54-44(62)42(58-48(66)73-52(12,13)14)26-20-16-18-24-38(2)56-46(64)71-50(6,7)8/h27-30,41-42H,15-26,31-36H2,1-14H3,(H,53,61)(H,54,62)(H,57,65)(H,58,66)/t41-,42-/m0/s1. The molecule has 6 amide bonds. The Morgan fingerprint density at radius 2 is 0.945 bits per heavy atom. The molecule has 0 fully saturated rings. The maximum absolute atomic E-state index is 13.5. The first-order valence-electron chi connectivity index (χ1n) is 25.5. The quantitative estimate of drug-likeness (QED) is 0.0191. The number of nitrogens with one attached hydrogen (secondary N) is 4. The number of hydrogen-bond donors (Lipinski definition) is 4. The highest BCUT2D eigenvalue weighted by Gasteiger charge is 2.26. The fourth-order valence-corrected chi connectivity index (χ4v) is 6.81. The molecule has 0 bridgehead atoms. The van der Waals surface area contributed by atoms with Gasteiger partial charge in [-0.1, -0.05) is 25.7 Å². The lowest BCUT2D eigenvalue weighted by atomic mass is 10.1. The molecule has 4 N–H and O–H groups in total. The van der Waals surface area contributed by atoms with Gasteiger partial charge in [-0.25, -0.2) is 19.2 Å². The first kappa shape index (κ1) is 65.2. The number of ether oxygens (including phenoxy) is 5. The van der Waals surface area contributed by atoms with Crippen molar-refractivity contribution in [2.24, 2.45) is 9.98 Å². The van der Waals surface area contributed by atoms with Gasteiger partial charge in [0.2, 0.25) is 11.8 Å². The Morgan fingerprint density at radius 3 is 1.30 bits per heavy atom. The summed E-state index contributed by atoms with van der Waals surface area (Å²) in [6.07, 6.45) is 4.30. The van der Waals surface area contributed by atoms with E-state index in [9.17, 15) is 38.9 Å². The van der Waals surface area contributed by atoms with Crippen LogP contribution in [0, 0.1) is 10.1 Å². The van der Waals surface area contributed by atoms with Crippen LogP contribution in [-0.2, 0) is 28.5 Å². The van der Waals surface area contributed by atoms with Crippen LogP contribution in [0.15, 0.2) is 34.3 Å². The summed E-state index contributed by atoms with van der Waals surface area (Å²) in [6.45, 7) is 26.9. The maximum atomic E-state index is 13.5. The largest absolute Gasteiger partial charge is 0.492 e. The number of nitro groups is 1. The van der Waals surface area contributed by atoms with Crippen molar-refractivity contribution in [3.8, 4) is 5.75 Å². The topological polar surface area (TPSA) is 268 Å². The third-order valence-corrected chi connectivity index (χ3v) is 10.1. The predicted molar refractivity (Wildman–Crippen MR) is 281 cm³/mol. The molecule has 0 unspecified atom stereocenters. The average molecular weight is 1030 g/mol. The summed E-state index contributed by atoms with van der Waals surface area (Å²) in [4.78, 5) is 97.6. The molecule has 1 aromatic rings. The summed E-state index contributed by atoms with van der Waals surface area (Å²) >= 11 is 0. The number of unbranched alkanes of at least 4 members (excludes halogenated alkanes) is 4. The lowest BCUT2D eigenvalue weighted by molar-refractivity contribution is -0.384. The van der Waals surface area contributed by atoms with Gasteiger partial charge in [-0.3, -0.25) is 24.6 Å². The molecule has 414 valence electrons. The summed E-state index contributed by atoms with van der Waals surface area (Å²) in [5, 5.41) is 22.5. The normalized spacial score (nSPS) is 13.3. The zero-order valence-corrected chi connectivity index (χ0v) is 46.3. The SMILES string of the molecule is CC(CCCCC[C@H](NC(=O)OC(C)(C)C)C(=O)NCCCN(CCCNC(=O)[C@H](CCCCCC(C)=NC(=O)OC(C)(C)C)NC(=O)OC(C)(C)C)CCOc1ccc([N+](=O)[O-])cc1)=NC(=O)OC(C)(C)C. The molecule has 1 aromatic carbocycles. The van der Waals surface area contributed by atoms with Gasteiger partial charge >= 0.3 is 24.4 Å². The van der Waals surface area contributed by atoms with Crippen LogP contribution in [0.25, 0.3) is 0 Å². The summed E-state index contributed by atoms with van der Waals surface area (Å²) in [5.41, 5.74) is -1.60. The molecule has 1 rings (SSSR count). The van der Waals surface area contributed by atoms with E-state index in [4.69, 9.17) is 23.7 Å². The third-order valence-electron chi connectivity index (χ3n) is 10.1. The average Bonchev–Trinajstić information content (AvgIpc) is 3.22. The number of nitrogens with zero attached hydrogens (tertiary/aromatic N) is 4. The summed E-state index contributed by atoms with van der Waals surface area (Å²) in [7, 11) is 0. The van der Waals surface area contributed by atoms with Crippen molar-refractivity contribution in [2.45, 2.75) is 208 Å². The molecule has 73 heavy (non-hydrogen) atoms. The minimum atomic E-state index is -0.857. The fourth-order valence-electron chi connectivity index (χ4n) is 6.81. The highest BCUT2D eigenvalue weighted by Crippen LogP contribution is 2.18. The van der Waals surface area contributed by atoms with Crippen LogP contribution in [0.5, 0.6) is 5.75 Å². The second-order valence-corrected chi connectivity index (χ2v) is 22.0. The van der Waals surface area contributed by atoms with Crippen molar-refractivity contribution in [3.05, 3.63) is 34.4 Å². The maximum Gasteiger partial charge on any atom is 0.434 e. The Bertz CT molecular complexity index is 1860. The van der Waals surface area contributed by atoms with Crippen molar-refractivity contribution < 1.29 is 57.4 Å². The zero-order valence-electron chi connectivity index (χ0n) is 46.3. The number of rotatable bonds is 29. The first-order valence-corrected chi connectivity index (χ1v) is 25.5. The van der Waals surface area contributed by atoms with Crippen LogP contribution in [0.1, 0.15) is 174 Å². The van der Waals surface area contributed by atoms with E-state index in [-0.39, 0.29) is 37.2 Å². The van der Waals surface area contributed by atoms with Crippen LogP contribution in [0.3, 0.4) is 0 Å². The van der Waals surface area contributed by atoms with Crippen molar-refractivity contribution in [1.29, 1.82) is 0 Å². The van der Waals surface area contributed by atoms with E-state index in [1.54, 1.807) is 96.9 Å². The summed E-state index contributed by atoms with van der Waals surface area (Å²) < 4.78 is 27.3. The van der Waals surface area contributed by atoms with E-state index in [1.165, 1.54) is 24.3 Å². The molecule has 0 heterocycles. The summed E-state index contributed by atoms with van der Waals surface area (Å²) in [6, 6.07) is 4.07. The number of carbonyl (C=O) groups is 6. The molecule has 0 radical (unpaired) electrons. The Kier molecular flexibility index (Phi) is 28.9. The molecular weight excluding hydrogens is 945 g/mol. The van der Waals surface area contributed by atoms with Gasteiger partial charge in [0.15, 0.2) is 0 Å². The van der Waals surface area contributed by atoms with Crippen LogP contribution in [0.2, 0.25) is 0 Å². The van der Waals surface area contributed by atoms with Gasteiger partial charge in [0.1, 0.15) is 46.8 Å². The van der Waals surface area contributed by atoms with Crippen LogP contribution in [-0.4, -0.2) is 131 Å². The molecule has 0 saturated heterocycles. The van der Waals surface area contributed by atoms with Crippen LogP contribution >= 0.6 is 0 Å². The molecule has 21 nitrogen and oxygen atoms in total. The Hall–Kier alpha value is -5.86. The van der Waals surface area contributed by atoms with Gasteiger partial charge in [-0.05, 0) is 174 Å². The molecule has 21 heteroatoms. The minimum Gasteiger partial charge on any atom is -0.492 e. The highest BCUT2D eigenvalue weighted by atomic mass is 16.6. The van der Waals surface area contributed by atoms with E-state index < -0.39 is 63.8 Å².